The van der Waals surface area contributed by atoms with Crippen molar-refractivity contribution in [1.82, 2.24) is 24.6 Å². The Morgan fingerprint density at radius 3 is 2.69 bits per heavy atom. The predicted octanol–water partition coefficient (Wildman–Crippen LogP) is 4.16. The van der Waals surface area contributed by atoms with Gasteiger partial charge >= 0.3 is 0 Å². The highest BCUT2D eigenvalue weighted by molar-refractivity contribution is 5.91. The summed E-state index contributed by atoms with van der Waals surface area (Å²) in [7, 11) is 0. The van der Waals surface area contributed by atoms with Gasteiger partial charge in [0.05, 0.1) is 31.3 Å². The molecule has 7 heteroatoms. The van der Waals surface area contributed by atoms with Crippen LogP contribution < -0.4 is 5.56 Å². The lowest BCUT2D eigenvalue weighted by molar-refractivity contribution is 0.0359. The molecule has 1 saturated heterocycles. The summed E-state index contributed by atoms with van der Waals surface area (Å²) in [5.74, 6) is 0. The summed E-state index contributed by atoms with van der Waals surface area (Å²) in [6, 6.07) is 8.33. The molecular weight excluding hydrogens is 450 g/mol. The van der Waals surface area contributed by atoms with Gasteiger partial charge in [0.2, 0.25) is 0 Å². The first-order valence-electron chi connectivity index (χ1n) is 13.0. The van der Waals surface area contributed by atoms with Crippen LogP contribution in [0.5, 0.6) is 0 Å². The van der Waals surface area contributed by atoms with Crippen LogP contribution in [-0.4, -0.2) is 57.5 Å². The first kappa shape index (κ1) is 24.4. The second kappa shape index (κ2) is 11.2. The minimum absolute atomic E-state index is 0.0123. The number of H-pyrrole nitrogens is 1. The van der Waals surface area contributed by atoms with E-state index in [2.05, 4.69) is 45.2 Å². The van der Waals surface area contributed by atoms with Gasteiger partial charge < -0.3 is 9.72 Å². The van der Waals surface area contributed by atoms with E-state index in [1.165, 1.54) is 16.7 Å². The van der Waals surface area contributed by atoms with E-state index in [0.29, 0.717) is 0 Å². The van der Waals surface area contributed by atoms with Gasteiger partial charge in [0.25, 0.3) is 5.56 Å². The Balaban J connectivity index is 1.35. The highest BCUT2D eigenvalue weighted by atomic mass is 16.5. The molecule has 0 unspecified atom stereocenters. The largest absolute Gasteiger partial charge is 0.379 e. The second-order valence-electron chi connectivity index (χ2n) is 9.61. The summed E-state index contributed by atoms with van der Waals surface area (Å²) >= 11 is 0. The zero-order chi connectivity index (χ0) is 24.9. The molecule has 0 atom stereocenters. The van der Waals surface area contributed by atoms with Gasteiger partial charge in [0.1, 0.15) is 0 Å². The number of aromatic nitrogens is 4. The average Bonchev–Trinajstić information content (AvgIpc) is 3.36. The van der Waals surface area contributed by atoms with Crippen molar-refractivity contribution in [2.45, 2.75) is 46.1 Å². The summed E-state index contributed by atoms with van der Waals surface area (Å²) in [5, 5.41) is 6.38. The molecule has 1 fully saturated rings. The van der Waals surface area contributed by atoms with Crippen molar-refractivity contribution in [3.8, 4) is 11.1 Å². The normalized spacial score (nSPS) is 14.5. The summed E-state index contributed by atoms with van der Waals surface area (Å²) < 4.78 is 7.48. The molecule has 4 heterocycles. The summed E-state index contributed by atoms with van der Waals surface area (Å²) in [6.45, 7) is 9.71. The van der Waals surface area contributed by atoms with Crippen LogP contribution in [0.4, 0.5) is 0 Å². The maximum atomic E-state index is 12.9. The Morgan fingerprint density at radius 1 is 1.06 bits per heavy atom. The van der Waals surface area contributed by atoms with Crippen molar-refractivity contribution in [1.29, 1.82) is 0 Å². The maximum absolute atomic E-state index is 12.9. The number of ether oxygens (including phenoxy) is 1. The Kier molecular flexibility index (Phi) is 7.58. The van der Waals surface area contributed by atoms with E-state index in [1.54, 1.807) is 6.20 Å². The third-order valence-electron chi connectivity index (χ3n) is 7.19. The SMILES string of the molecule is CCc1c(-c2ccc(C)nc2)cc2cc[nH]c(=O)c2c1CCCc1cnn(CCN2CCOCC2)c1. The molecule has 1 N–H and O–H groups in total. The first-order chi connectivity index (χ1) is 17.6. The number of rotatable bonds is 9. The third-order valence-corrected chi connectivity index (χ3v) is 7.19. The van der Waals surface area contributed by atoms with E-state index in [1.807, 2.05) is 36.1 Å². The van der Waals surface area contributed by atoms with Crippen LogP contribution in [0.15, 0.2) is 53.8 Å². The minimum atomic E-state index is -0.0123. The average molecular weight is 486 g/mol. The molecule has 0 amide bonds. The van der Waals surface area contributed by atoms with Crippen molar-refractivity contribution < 1.29 is 4.74 Å². The monoisotopic (exact) mass is 485 g/mol. The smallest absolute Gasteiger partial charge is 0.256 e. The van der Waals surface area contributed by atoms with Crippen LogP contribution in [0, 0.1) is 6.92 Å². The zero-order valence-electron chi connectivity index (χ0n) is 21.3. The Morgan fingerprint density at radius 2 is 1.92 bits per heavy atom. The number of aryl methyl sites for hydroxylation is 3. The fourth-order valence-corrected chi connectivity index (χ4v) is 5.24. The molecule has 1 aliphatic rings. The van der Waals surface area contributed by atoms with Crippen molar-refractivity contribution in [2.24, 2.45) is 0 Å². The molecule has 0 radical (unpaired) electrons. The van der Waals surface area contributed by atoms with Crippen LogP contribution in [0.1, 0.15) is 35.7 Å². The van der Waals surface area contributed by atoms with Gasteiger partial charge in [-0.2, -0.15) is 5.10 Å². The quantitative estimate of drug-likeness (QED) is 0.385. The van der Waals surface area contributed by atoms with Gasteiger partial charge in [0.15, 0.2) is 0 Å². The number of pyridine rings is 2. The van der Waals surface area contributed by atoms with Crippen LogP contribution in [0.2, 0.25) is 0 Å². The van der Waals surface area contributed by atoms with E-state index in [-0.39, 0.29) is 5.56 Å². The van der Waals surface area contributed by atoms with E-state index in [0.717, 1.165) is 92.7 Å². The molecule has 0 spiro atoms. The van der Waals surface area contributed by atoms with Crippen molar-refractivity contribution in [2.75, 3.05) is 32.8 Å². The first-order valence-corrected chi connectivity index (χ1v) is 13.0. The Bertz CT molecular complexity index is 1370. The van der Waals surface area contributed by atoms with Crippen LogP contribution in [0.25, 0.3) is 21.9 Å². The molecule has 188 valence electrons. The number of hydrogen-bond acceptors (Lipinski definition) is 5. The van der Waals surface area contributed by atoms with Crippen molar-refractivity contribution in [3.63, 3.8) is 0 Å². The lowest BCUT2D eigenvalue weighted by Gasteiger charge is -2.26. The second-order valence-corrected chi connectivity index (χ2v) is 9.61. The van der Waals surface area contributed by atoms with Gasteiger partial charge in [-0.1, -0.05) is 13.0 Å². The van der Waals surface area contributed by atoms with E-state index < -0.39 is 0 Å². The standard InChI is InChI=1S/C29H35N5O2/c1-3-25-26(6-4-5-22-18-32-34(20-22)12-11-33-13-15-36-16-14-33)28-23(9-10-30-29(28)35)17-27(25)24-8-7-21(2)31-19-24/h7-10,17-20H,3-6,11-16H2,1-2H3,(H,30,35). The number of morpholine rings is 1. The molecule has 0 aliphatic carbocycles. The Labute approximate surface area is 212 Å². The number of fused-ring (bicyclic) bond motifs is 1. The van der Waals surface area contributed by atoms with Gasteiger partial charge in [-0.15, -0.1) is 0 Å². The van der Waals surface area contributed by atoms with E-state index >= 15 is 0 Å². The number of benzene rings is 1. The Hall–Kier alpha value is -3.29. The molecule has 1 aliphatic heterocycles. The maximum Gasteiger partial charge on any atom is 0.256 e. The number of nitrogens with zero attached hydrogens (tertiary/aromatic N) is 4. The van der Waals surface area contributed by atoms with Crippen LogP contribution >= 0.6 is 0 Å². The fraction of sp³-hybridized carbons (Fsp3) is 0.414. The fourth-order valence-electron chi connectivity index (χ4n) is 5.24. The topological polar surface area (TPSA) is 76.0 Å². The van der Waals surface area contributed by atoms with Gasteiger partial charge in [0, 0.05) is 49.5 Å². The van der Waals surface area contributed by atoms with Crippen LogP contribution in [0.3, 0.4) is 0 Å². The minimum Gasteiger partial charge on any atom is -0.379 e. The lowest BCUT2D eigenvalue weighted by atomic mass is 9.87. The van der Waals surface area contributed by atoms with E-state index in [4.69, 9.17) is 4.74 Å². The van der Waals surface area contributed by atoms with Gasteiger partial charge in [-0.3, -0.25) is 19.4 Å². The van der Waals surface area contributed by atoms with Crippen molar-refractivity contribution >= 4 is 10.8 Å². The molecule has 36 heavy (non-hydrogen) atoms. The number of aromatic amines is 1. The summed E-state index contributed by atoms with van der Waals surface area (Å²) in [6.07, 6.45) is 11.4. The molecule has 0 saturated carbocycles. The number of nitrogens with one attached hydrogen (secondary N) is 1. The highest BCUT2D eigenvalue weighted by Gasteiger charge is 2.16. The lowest BCUT2D eigenvalue weighted by Crippen LogP contribution is -2.38. The molecule has 7 nitrogen and oxygen atoms in total. The highest BCUT2D eigenvalue weighted by Crippen LogP contribution is 2.32. The number of hydrogen-bond donors (Lipinski definition) is 1. The van der Waals surface area contributed by atoms with Crippen molar-refractivity contribution in [3.05, 3.63) is 81.8 Å². The van der Waals surface area contributed by atoms with E-state index in [9.17, 15) is 4.79 Å². The molecule has 4 aromatic rings. The predicted molar refractivity (Wildman–Crippen MR) is 143 cm³/mol. The third kappa shape index (κ3) is 5.42. The summed E-state index contributed by atoms with van der Waals surface area (Å²) in [4.78, 5) is 22.7. The molecule has 3 aromatic heterocycles. The van der Waals surface area contributed by atoms with Gasteiger partial charge in [-0.25, -0.2) is 0 Å². The molecule has 5 rings (SSSR count). The van der Waals surface area contributed by atoms with Crippen LogP contribution in [-0.2, 0) is 30.5 Å². The summed E-state index contributed by atoms with van der Waals surface area (Å²) in [5.41, 5.74) is 6.91. The van der Waals surface area contributed by atoms with Gasteiger partial charge in [-0.05, 0) is 78.4 Å². The molecular formula is C29H35N5O2. The molecule has 0 bridgehead atoms. The zero-order valence-corrected chi connectivity index (χ0v) is 21.3. The molecule has 1 aromatic carbocycles.